The van der Waals surface area contributed by atoms with E-state index in [1.54, 1.807) is 0 Å². The van der Waals surface area contributed by atoms with Crippen LogP contribution in [0.4, 0.5) is 0 Å². The van der Waals surface area contributed by atoms with Gasteiger partial charge in [-0.1, -0.05) is 48.0 Å². The Kier molecular flexibility index (Phi) is 6.95. The van der Waals surface area contributed by atoms with Crippen molar-refractivity contribution in [2.24, 2.45) is 0 Å². The number of hydrogen-bond acceptors (Lipinski definition) is 4. The molecule has 29 heavy (non-hydrogen) atoms. The van der Waals surface area contributed by atoms with Gasteiger partial charge < -0.3 is 10.2 Å². The van der Waals surface area contributed by atoms with Crippen LogP contribution in [0, 0.1) is 11.7 Å². The third-order valence-electron chi connectivity index (χ3n) is 4.61. The Bertz CT molecular complexity index is 1020. The first-order chi connectivity index (χ1) is 13.9. The van der Waals surface area contributed by atoms with Crippen molar-refractivity contribution in [2.75, 3.05) is 14.1 Å². The lowest BCUT2D eigenvalue weighted by Crippen LogP contribution is -2.24. The van der Waals surface area contributed by atoms with Crippen LogP contribution in [0.1, 0.15) is 23.1 Å². The largest absolute Gasteiger partial charge is 0.352 e. The molecule has 0 atom stereocenters. The minimum Gasteiger partial charge on any atom is -0.352 e. The van der Waals surface area contributed by atoms with E-state index in [4.69, 9.17) is 12.2 Å². The fourth-order valence-electron chi connectivity index (χ4n) is 3.16. The summed E-state index contributed by atoms with van der Waals surface area (Å²) in [4.78, 5) is 14.5. The summed E-state index contributed by atoms with van der Waals surface area (Å²) in [6, 6.07) is 16.4. The Morgan fingerprint density at radius 3 is 2.59 bits per heavy atom. The Morgan fingerprint density at radius 1 is 1.17 bits per heavy atom. The smallest absolute Gasteiger partial charge is 0.222 e. The van der Waals surface area contributed by atoms with Crippen molar-refractivity contribution < 1.29 is 4.79 Å². The molecule has 1 amide bonds. The van der Waals surface area contributed by atoms with Crippen LogP contribution in [-0.2, 0) is 24.4 Å². The molecule has 2 N–H and O–H groups in total. The zero-order valence-corrected chi connectivity index (χ0v) is 17.9. The number of carbonyl (C=O) groups is 1. The van der Waals surface area contributed by atoms with Gasteiger partial charge in [0.25, 0.3) is 0 Å². The number of aromatic amines is 1. The zero-order chi connectivity index (χ0) is 20.8. The second-order valence-corrected chi connectivity index (χ2v) is 7.84. The summed E-state index contributed by atoms with van der Waals surface area (Å²) in [5, 5.41) is 10.2. The molecule has 0 aliphatic rings. The van der Waals surface area contributed by atoms with Gasteiger partial charge in [0.05, 0.1) is 0 Å². The fourth-order valence-corrected chi connectivity index (χ4v) is 3.38. The number of carbonyl (C=O) groups excluding carboxylic acids is 1. The number of amides is 1. The molecule has 0 aliphatic carbocycles. The maximum absolute atomic E-state index is 12.3. The van der Waals surface area contributed by atoms with Gasteiger partial charge in [0, 0.05) is 31.6 Å². The third-order valence-corrected chi connectivity index (χ3v) is 4.92. The highest BCUT2D eigenvalue weighted by Gasteiger charge is 2.11. The summed E-state index contributed by atoms with van der Waals surface area (Å²) < 4.78 is 2.39. The van der Waals surface area contributed by atoms with E-state index in [2.05, 4.69) is 50.7 Å². The molecule has 0 spiro atoms. The van der Waals surface area contributed by atoms with Gasteiger partial charge in [0.1, 0.15) is 0 Å². The average Bonchev–Trinajstić information content (AvgIpc) is 3.06. The number of aromatic nitrogens is 3. The molecule has 1 heterocycles. The van der Waals surface area contributed by atoms with E-state index < -0.39 is 0 Å². The normalized spacial score (nSPS) is 11.0. The highest BCUT2D eigenvalue weighted by Crippen LogP contribution is 2.18. The lowest BCUT2D eigenvalue weighted by Gasteiger charge is -2.11. The number of benzene rings is 2. The van der Waals surface area contributed by atoms with Crippen molar-refractivity contribution >= 4 is 18.1 Å². The lowest BCUT2D eigenvalue weighted by atomic mass is 10.1. The molecule has 0 unspecified atom stereocenters. The van der Waals surface area contributed by atoms with Crippen LogP contribution in [0.2, 0.25) is 0 Å². The fraction of sp³-hybridized carbons (Fsp3) is 0.318. The topological polar surface area (TPSA) is 66.0 Å². The molecule has 6 nitrogen and oxygen atoms in total. The monoisotopic (exact) mass is 409 g/mol. The van der Waals surface area contributed by atoms with Gasteiger partial charge >= 0.3 is 0 Å². The molecular formula is C22H27N5OS. The van der Waals surface area contributed by atoms with Gasteiger partial charge in [-0.05, 0) is 50.4 Å². The van der Waals surface area contributed by atoms with Crippen molar-refractivity contribution in [2.45, 2.75) is 33.0 Å². The maximum atomic E-state index is 12.3. The molecular weight excluding hydrogens is 382 g/mol. The molecule has 0 aliphatic heterocycles. The van der Waals surface area contributed by atoms with Crippen molar-refractivity contribution in [1.82, 2.24) is 25.0 Å². The van der Waals surface area contributed by atoms with Crippen LogP contribution in [0.25, 0.3) is 11.4 Å². The summed E-state index contributed by atoms with van der Waals surface area (Å²) in [5.41, 5.74) is 4.47. The minimum atomic E-state index is -0.0133. The van der Waals surface area contributed by atoms with E-state index in [0.29, 0.717) is 24.3 Å². The predicted molar refractivity (Wildman–Crippen MR) is 118 cm³/mol. The van der Waals surface area contributed by atoms with E-state index in [9.17, 15) is 4.79 Å². The van der Waals surface area contributed by atoms with Gasteiger partial charge in [0.2, 0.25) is 5.91 Å². The zero-order valence-electron chi connectivity index (χ0n) is 17.1. The second kappa shape index (κ2) is 9.62. The first-order valence-corrected chi connectivity index (χ1v) is 10.0. The minimum absolute atomic E-state index is 0.0133. The van der Waals surface area contributed by atoms with E-state index in [1.165, 1.54) is 5.56 Å². The van der Waals surface area contributed by atoms with Gasteiger partial charge in [-0.3, -0.25) is 14.5 Å². The van der Waals surface area contributed by atoms with Gasteiger partial charge in [0.15, 0.2) is 10.6 Å². The maximum Gasteiger partial charge on any atom is 0.222 e. The molecule has 0 saturated heterocycles. The summed E-state index contributed by atoms with van der Waals surface area (Å²) in [6.45, 7) is 3.94. The van der Waals surface area contributed by atoms with Crippen molar-refractivity contribution in [3.05, 3.63) is 70.0 Å². The Morgan fingerprint density at radius 2 is 1.90 bits per heavy atom. The SMILES string of the molecule is Cc1cccc(-c2n[nH]c(=S)n2CCC(=O)NCc2ccc(CN(C)C)cc2)c1. The van der Waals surface area contributed by atoms with Crippen LogP contribution in [0.5, 0.6) is 0 Å². The summed E-state index contributed by atoms with van der Waals surface area (Å²) in [7, 11) is 4.09. The van der Waals surface area contributed by atoms with Gasteiger partial charge in [-0.25, -0.2) is 0 Å². The van der Waals surface area contributed by atoms with E-state index in [0.717, 1.165) is 29.1 Å². The third kappa shape index (κ3) is 5.85. The molecule has 152 valence electrons. The molecule has 0 bridgehead atoms. The average molecular weight is 410 g/mol. The quantitative estimate of drug-likeness (QED) is 0.557. The number of nitrogens with one attached hydrogen (secondary N) is 2. The van der Waals surface area contributed by atoms with Crippen LogP contribution in [0.3, 0.4) is 0 Å². The first kappa shape index (κ1) is 21.0. The highest BCUT2D eigenvalue weighted by atomic mass is 32.1. The Hall–Kier alpha value is -2.77. The van der Waals surface area contributed by atoms with Crippen molar-refractivity contribution in [3.8, 4) is 11.4 Å². The molecule has 2 aromatic carbocycles. The van der Waals surface area contributed by atoms with E-state index in [1.807, 2.05) is 43.8 Å². The van der Waals surface area contributed by atoms with E-state index in [-0.39, 0.29) is 5.91 Å². The van der Waals surface area contributed by atoms with Crippen LogP contribution >= 0.6 is 12.2 Å². The Balaban J connectivity index is 1.56. The Labute approximate surface area is 176 Å². The second-order valence-electron chi connectivity index (χ2n) is 7.45. The van der Waals surface area contributed by atoms with Gasteiger partial charge in [-0.2, -0.15) is 5.10 Å². The number of aryl methyl sites for hydroxylation is 1. The van der Waals surface area contributed by atoms with Crippen LogP contribution < -0.4 is 5.32 Å². The molecule has 0 fully saturated rings. The number of nitrogens with zero attached hydrogens (tertiary/aromatic N) is 3. The molecule has 0 saturated carbocycles. The lowest BCUT2D eigenvalue weighted by molar-refractivity contribution is -0.121. The molecule has 3 aromatic rings. The summed E-state index contributed by atoms with van der Waals surface area (Å²) in [6.07, 6.45) is 0.339. The van der Waals surface area contributed by atoms with Crippen molar-refractivity contribution in [3.63, 3.8) is 0 Å². The van der Waals surface area contributed by atoms with Crippen LogP contribution in [-0.4, -0.2) is 39.7 Å². The first-order valence-electron chi connectivity index (χ1n) is 9.64. The number of rotatable bonds is 8. The molecule has 1 aromatic heterocycles. The highest BCUT2D eigenvalue weighted by molar-refractivity contribution is 7.71. The molecule has 7 heteroatoms. The number of hydrogen-bond donors (Lipinski definition) is 2. The predicted octanol–water partition coefficient (Wildman–Crippen LogP) is 3.68. The standard InChI is InChI=1S/C22H27N5OS/c1-16-5-4-6-19(13-16)21-24-25-22(29)27(21)12-11-20(28)23-14-17-7-9-18(10-8-17)15-26(2)3/h4-10,13H,11-12,14-15H2,1-3H3,(H,23,28)(H,25,29). The number of H-pyrrole nitrogens is 1. The molecule has 3 rings (SSSR count). The van der Waals surface area contributed by atoms with Gasteiger partial charge in [-0.15, -0.1) is 0 Å². The molecule has 0 radical (unpaired) electrons. The summed E-state index contributed by atoms with van der Waals surface area (Å²) in [5.74, 6) is 0.739. The summed E-state index contributed by atoms with van der Waals surface area (Å²) >= 11 is 5.35. The van der Waals surface area contributed by atoms with Crippen LogP contribution in [0.15, 0.2) is 48.5 Å². The van der Waals surface area contributed by atoms with Crippen molar-refractivity contribution in [1.29, 1.82) is 0 Å². The van der Waals surface area contributed by atoms with E-state index >= 15 is 0 Å².